The maximum atomic E-state index is 13.3. The standard InChI is InChI=1S/C11H14FNS/c12-10-5-1-2-6-11(10)13-9-4-3-7-14-8-9/h1-2,5-6,9,13H,3-4,7-8H2. The van der Waals surface area contributed by atoms with E-state index in [4.69, 9.17) is 0 Å². The maximum absolute atomic E-state index is 13.3. The molecule has 1 N–H and O–H groups in total. The monoisotopic (exact) mass is 211 g/mol. The molecular formula is C11H14FNS. The number of thioether (sulfide) groups is 1. The fraction of sp³-hybridized carbons (Fsp3) is 0.455. The summed E-state index contributed by atoms with van der Waals surface area (Å²) in [6, 6.07) is 7.32. The van der Waals surface area contributed by atoms with Crippen LogP contribution in [0.3, 0.4) is 0 Å². The summed E-state index contributed by atoms with van der Waals surface area (Å²) in [5.74, 6) is 2.19. The second-order valence-corrected chi connectivity index (χ2v) is 4.69. The average molecular weight is 211 g/mol. The summed E-state index contributed by atoms with van der Waals surface area (Å²) in [7, 11) is 0. The minimum atomic E-state index is -0.150. The number of rotatable bonds is 2. The van der Waals surface area contributed by atoms with Crippen molar-refractivity contribution in [3.05, 3.63) is 30.1 Å². The molecule has 0 aliphatic carbocycles. The smallest absolute Gasteiger partial charge is 0.146 e. The van der Waals surface area contributed by atoms with Crippen molar-refractivity contribution < 1.29 is 4.39 Å². The molecule has 1 unspecified atom stereocenters. The highest BCUT2D eigenvalue weighted by Crippen LogP contribution is 2.22. The van der Waals surface area contributed by atoms with E-state index >= 15 is 0 Å². The van der Waals surface area contributed by atoms with Gasteiger partial charge in [0.2, 0.25) is 0 Å². The highest BCUT2D eigenvalue weighted by molar-refractivity contribution is 7.99. The quantitative estimate of drug-likeness (QED) is 0.806. The summed E-state index contributed by atoms with van der Waals surface area (Å²) in [5.41, 5.74) is 0.639. The van der Waals surface area contributed by atoms with Crippen LogP contribution in [-0.4, -0.2) is 17.5 Å². The fourth-order valence-electron chi connectivity index (χ4n) is 1.65. The minimum absolute atomic E-state index is 0.150. The molecule has 1 atom stereocenters. The number of nitrogens with one attached hydrogen (secondary N) is 1. The molecule has 14 heavy (non-hydrogen) atoms. The molecule has 0 aromatic heterocycles. The number of hydrogen-bond donors (Lipinski definition) is 1. The molecule has 1 saturated heterocycles. The van der Waals surface area contributed by atoms with E-state index in [2.05, 4.69) is 5.32 Å². The van der Waals surface area contributed by atoms with Gasteiger partial charge < -0.3 is 5.32 Å². The molecule has 1 aromatic carbocycles. The van der Waals surface area contributed by atoms with E-state index < -0.39 is 0 Å². The Morgan fingerprint density at radius 2 is 2.21 bits per heavy atom. The molecule has 1 aliphatic rings. The van der Waals surface area contributed by atoms with Crippen LogP contribution in [0.2, 0.25) is 0 Å². The summed E-state index contributed by atoms with van der Waals surface area (Å²) >= 11 is 1.94. The lowest BCUT2D eigenvalue weighted by molar-refractivity contribution is 0.620. The van der Waals surface area contributed by atoms with Gasteiger partial charge in [0, 0.05) is 11.8 Å². The predicted octanol–water partition coefficient (Wildman–Crippen LogP) is 3.13. The Bertz CT molecular complexity index is 297. The van der Waals surface area contributed by atoms with Crippen molar-refractivity contribution in [2.45, 2.75) is 18.9 Å². The number of para-hydroxylation sites is 1. The molecule has 2 rings (SSSR count). The molecule has 1 fully saturated rings. The van der Waals surface area contributed by atoms with Gasteiger partial charge >= 0.3 is 0 Å². The first-order chi connectivity index (χ1) is 6.86. The van der Waals surface area contributed by atoms with Crippen LogP contribution in [0.4, 0.5) is 10.1 Å². The molecule has 1 nitrogen and oxygen atoms in total. The summed E-state index contributed by atoms with van der Waals surface area (Å²) in [5, 5.41) is 3.25. The topological polar surface area (TPSA) is 12.0 Å². The normalized spacial score (nSPS) is 21.9. The zero-order valence-corrected chi connectivity index (χ0v) is 8.82. The van der Waals surface area contributed by atoms with Crippen LogP contribution >= 0.6 is 11.8 Å². The van der Waals surface area contributed by atoms with E-state index in [1.165, 1.54) is 18.2 Å². The molecule has 0 radical (unpaired) electrons. The van der Waals surface area contributed by atoms with Crippen LogP contribution in [-0.2, 0) is 0 Å². The Kier molecular flexibility index (Phi) is 3.30. The van der Waals surface area contributed by atoms with Crippen LogP contribution in [0.5, 0.6) is 0 Å². The Balaban J connectivity index is 1.99. The van der Waals surface area contributed by atoms with Gasteiger partial charge in [0.05, 0.1) is 5.69 Å². The van der Waals surface area contributed by atoms with Crippen LogP contribution in [0.1, 0.15) is 12.8 Å². The van der Waals surface area contributed by atoms with Gasteiger partial charge in [-0.1, -0.05) is 12.1 Å². The van der Waals surface area contributed by atoms with E-state index in [0.29, 0.717) is 11.7 Å². The highest BCUT2D eigenvalue weighted by atomic mass is 32.2. The molecule has 0 spiro atoms. The number of halogens is 1. The highest BCUT2D eigenvalue weighted by Gasteiger charge is 2.14. The number of anilines is 1. The Morgan fingerprint density at radius 3 is 2.93 bits per heavy atom. The largest absolute Gasteiger partial charge is 0.379 e. The first-order valence-electron chi connectivity index (χ1n) is 4.95. The third kappa shape index (κ3) is 2.41. The van der Waals surface area contributed by atoms with Crippen LogP contribution < -0.4 is 5.32 Å². The summed E-state index contributed by atoms with van der Waals surface area (Å²) in [4.78, 5) is 0. The van der Waals surface area contributed by atoms with Gasteiger partial charge in [-0.05, 0) is 30.7 Å². The van der Waals surface area contributed by atoms with Crippen molar-refractivity contribution in [1.29, 1.82) is 0 Å². The lowest BCUT2D eigenvalue weighted by Gasteiger charge is -2.23. The lowest BCUT2D eigenvalue weighted by atomic mass is 10.1. The lowest BCUT2D eigenvalue weighted by Crippen LogP contribution is -2.26. The van der Waals surface area contributed by atoms with Crippen LogP contribution in [0.15, 0.2) is 24.3 Å². The fourth-order valence-corrected chi connectivity index (χ4v) is 2.72. The van der Waals surface area contributed by atoms with Gasteiger partial charge in [-0.3, -0.25) is 0 Å². The Morgan fingerprint density at radius 1 is 1.36 bits per heavy atom. The van der Waals surface area contributed by atoms with Gasteiger partial charge in [0.1, 0.15) is 5.82 Å². The van der Waals surface area contributed by atoms with E-state index in [9.17, 15) is 4.39 Å². The van der Waals surface area contributed by atoms with E-state index in [1.807, 2.05) is 17.8 Å². The molecule has 1 aromatic rings. The van der Waals surface area contributed by atoms with Gasteiger partial charge in [0.15, 0.2) is 0 Å². The summed E-state index contributed by atoms with van der Waals surface area (Å²) in [6.45, 7) is 0. The predicted molar refractivity (Wildman–Crippen MR) is 60.4 cm³/mol. The van der Waals surface area contributed by atoms with Crippen LogP contribution in [0, 0.1) is 5.82 Å². The third-order valence-electron chi connectivity index (χ3n) is 2.39. The summed E-state index contributed by atoms with van der Waals surface area (Å²) < 4.78 is 13.3. The molecule has 76 valence electrons. The molecule has 0 amide bonds. The van der Waals surface area contributed by atoms with Gasteiger partial charge in [-0.25, -0.2) is 4.39 Å². The van der Waals surface area contributed by atoms with E-state index in [0.717, 1.165) is 12.2 Å². The van der Waals surface area contributed by atoms with Crippen molar-refractivity contribution in [3.63, 3.8) is 0 Å². The first kappa shape index (κ1) is 9.84. The van der Waals surface area contributed by atoms with Gasteiger partial charge in [-0.15, -0.1) is 0 Å². The van der Waals surface area contributed by atoms with Crippen molar-refractivity contribution in [3.8, 4) is 0 Å². The van der Waals surface area contributed by atoms with Gasteiger partial charge in [0.25, 0.3) is 0 Å². The zero-order chi connectivity index (χ0) is 9.80. The van der Waals surface area contributed by atoms with Crippen LogP contribution in [0.25, 0.3) is 0 Å². The number of hydrogen-bond acceptors (Lipinski definition) is 2. The summed E-state index contributed by atoms with van der Waals surface area (Å²) in [6.07, 6.45) is 2.39. The second kappa shape index (κ2) is 4.69. The van der Waals surface area contributed by atoms with Crippen molar-refractivity contribution in [2.75, 3.05) is 16.8 Å². The third-order valence-corrected chi connectivity index (χ3v) is 3.61. The van der Waals surface area contributed by atoms with Gasteiger partial charge in [-0.2, -0.15) is 11.8 Å². The minimum Gasteiger partial charge on any atom is -0.379 e. The molecule has 0 bridgehead atoms. The number of benzene rings is 1. The maximum Gasteiger partial charge on any atom is 0.146 e. The Labute approximate surface area is 88.1 Å². The van der Waals surface area contributed by atoms with Crippen molar-refractivity contribution >= 4 is 17.4 Å². The van der Waals surface area contributed by atoms with Crippen molar-refractivity contribution in [1.82, 2.24) is 0 Å². The second-order valence-electron chi connectivity index (χ2n) is 3.54. The van der Waals surface area contributed by atoms with E-state index in [1.54, 1.807) is 12.1 Å². The first-order valence-corrected chi connectivity index (χ1v) is 6.10. The molecule has 0 saturated carbocycles. The van der Waals surface area contributed by atoms with Crippen molar-refractivity contribution in [2.24, 2.45) is 0 Å². The average Bonchev–Trinajstić information content (AvgIpc) is 2.23. The van der Waals surface area contributed by atoms with E-state index in [-0.39, 0.29) is 5.82 Å². The molecular weight excluding hydrogens is 197 g/mol. The molecule has 1 aliphatic heterocycles. The zero-order valence-electron chi connectivity index (χ0n) is 8.00. The molecule has 1 heterocycles. The molecule has 3 heteroatoms. The SMILES string of the molecule is Fc1ccccc1NC1CCCSC1. The Hall–Kier alpha value is -0.700.